The quantitative estimate of drug-likeness (QED) is 0.604. The van der Waals surface area contributed by atoms with Gasteiger partial charge in [0.25, 0.3) is 5.91 Å². The maximum absolute atomic E-state index is 12.6. The van der Waals surface area contributed by atoms with Crippen molar-refractivity contribution in [3.05, 3.63) is 39.9 Å². The fourth-order valence-electron chi connectivity index (χ4n) is 3.23. The Kier molecular flexibility index (Phi) is 5.48. The lowest BCUT2D eigenvalue weighted by Gasteiger charge is -2.29. The van der Waals surface area contributed by atoms with E-state index in [1.807, 2.05) is 0 Å². The Morgan fingerprint density at radius 2 is 2.11 bits per heavy atom. The molecule has 0 aliphatic heterocycles. The maximum Gasteiger partial charge on any atom is 0.339 e. The number of nitrogens with one attached hydrogen (secondary N) is 2. The van der Waals surface area contributed by atoms with Crippen LogP contribution in [0.25, 0.3) is 0 Å². The summed E-state index contributed by atoms with van der Waals surface area (Å²) in [6.45, 7) is 4.63. The highest BCUT2D eigenvalue weighted by atomic mass is 32.1. The predicted molar refractivity (Wildman–Crippen MR) is 105 cm³/mol. The number of aromatic carboxylic acids is 1. The number of hydrogen-bond donors (Lipinski definition) is 4. The third-order valence-electron chi connectivity index (χ3n) is 4.66. The van der Waals surface area contributed by atoms with Crippen molar-refractivity contribution in [1.82, 2.24) is 4.98 Å². The Morgan fingerprint density at radius 1 is 1.33 bits per heavy atom. The van der Waals surface area contributed by atoms with Crippen LogP contribution in [-0.4, -0.2) is 40.2 Å². The Bertz CT molecular complexity index is 859. The normalized spacial score (nSPS) is 15.1. The van der Waals surface area contributed by atoms with Gasteiger partial charge in [-0.1, -0.05) is 13.8 Å². The Balaban J connectivity index is 1.82. The minimum atomic E-state index is -1.01. The topological polar surface area (TPSA) is 112 Å². The van der Waals surface area contributed by atoms with E-state index in [4.69, 9.17) is 5.11 Å². The van der Waals surface area contributed by atoms with Crippen LogP contribution in [0.2, 0.25) is 0 Å². The number of aliphatic hydroxyl groups excluding tert-OH is 1. The van der Waals surface area contributed by atoms with Gasteiger partial charge in [0.05, 0.1) is 17.7 Å². The fraction of sp³-hybridized carbons (Fsp3) is 0.421. The van der Waals surface area contributed by atoms with Gasteiger partial charge in [-0.2, -0.15) is 0 Å². The van der Waals surface area contributed by atoms with Crippen molar-refractivity contribution < 1.29 is 19.8 Å². The summed E-state index contributed by atoms with van der Waals surface area (Å²) in [5, 5.41) is 24.6. The number of pyridine rings is 1. The van der Waals surface area contributed by atoms with E-state index in [1.54, 1.807) is 12.1 Å². The summed E-state index contributed by atoms with van der Waals surface area (Å²) in [6.07, 6.45) is 3.95. The Morgan fingerprint density at radius 3 is 2.74 bits per heavy atom. The molecule has 7 nitrogen and oxygen atoms in total. The summed E-state index contributed by atoms with van der Waals surface area (Å²) < 4.78 is 0. The molecule has 0 unspecified atom stereocenters. The van der Waals surface area contributed by atoms with Crippen LogP contribution in [0.5, 0.6) is 0 Å². The minimum Gasteiger partial charge on any atom is -0.478 e. The largest absolute Gasteiger partial charge is 0.478 e. The van der Waals surface area contributed by atoms with Gasteiger partial charge in [0.1, 0.15) is 10.8 Å². The molecule has 0 spiro atoms. The van der Waals surface area contributed by atoms with E-state index in [0.29, 0.717) is 29.3 Å². The molecule has 2 aromatic heterocycles. The molecule has 2 heterocycles. The average Bonchev–Trinajstić information content (AvgIpc) is 2.96. The number of carbonyl (C=O) groups excluding carboxylic acids is 1. The summed E-state index contributed by atoms with van der Waals surface area (Å²) in [4.78, 5) is 29.6. The van der Waals surface area contributed by atoms with Crippen molar-refractivity contribution >= 4 is 34.0 Å². The summed E-state index contributed by atoms with van der Waals surface area (Å²) in [7, 11) is 0. The number of thiophene rings is 1. The molecule has 0 atom stereocenters. The molecule has 0 radical (unpaired) electrons. The number of carboxylic acid groups (broad SMARTS) is 1. The smallest absolute Gasteiger partial charge is 0.339 e. The van der Waals surface area contributed by atoms with Crippen molar-refractivity contribution in [2.75, 3.05) is 23.8 Å². The van der Waals surface area contributed by atoms with Gasteiger partial charge in [-0.3, -0.25) is 4.79 Å². The molecule has 4 N–H and O–H groups in total. The number of amides is 1. The molecule has 0 aromatic carbocycles. The second kappa shape index (κ2) is 7.66. The first kappa shape index (κ1) is 19.3. The second-order valence-corrected chi connectivity index (χ2v) is 8.50. The third kappa shape index (κ3) is 4.28. The number of rotatable bonds is 6. The van der Waals surface area contributed by atoms with Gasteiger partial charge < -0.3 is 20.8 Å². The molecular formula is C19H23N3O4S. The SMILES string of the molecule is CC1(C)CCc2sc(NC(=O)c3ccc(NCCO)nc3)c(C(=O)O)c2C1. The monoisotopic (exact) mass is 389 g/mol. The van der Waals surface area contributed by atoms with Crippen LogP contribution in [-0.2, 0) is 12.8 Å². The van der Waals surface area contributed by atoms with Crippen LogP contribution in [0.4, 0.5) is 10.8 Å². The van der Waals surface area contributed by atoms with E-state index in [9.17, 15) is 14.7 Å². The molecule has 3 rings (SSSR count). The van der Waals surface area contributed by atoms with Crippen molar-refractivity contribution in [2.45, 2.75) is 33.1 Å². The highest BCUT2D eigenvalue weighted by molar-refractivity contribution is 7.17. The number of aryl methyl sites for hydroxylation is 1. The van der Waals surface area contributed by atoms with Gasteiger partial charge in [0.15, 0.2) is 0 Å². The zero-order chi connectivity index (χ0) is 19.6. The zero-order valence-electron chi connectivity index (χ0n) is 15.3. The Labute approximate surface area is 161 Å². The summed E-state index contributed by atoms with van der Waals surface area (Å²) in [5.41, 5.74) is 1.46. The van der Waals surface area contributed by atoms with E-state index in [-0.39, 0.29) is 17.6 Å². The molecule has 0 bridgehead atoms. The molecule has 0 saturated heterocycles. The summed E-state index contributed by atoms with van der Waals surface area (Å²) in [5.74, 6) is -0.848. The molecule has 1 aliphatic carbocycles. The van der Waals surface area contributed by atoms with Gasteiger partial charge in [-0.05, 0) is 42.4 Å². The lowest BCUT2D eigenvalue weighted by atomic mass is 9.76. The average molecular weight is 389 g/mol. The van der Waals surface area contributed by atoms with Gasteiger partial charge in [0.2, 0.25) is 0 Å². The highest BCUT2D eigenvalue weighted by Gasteiger charge is 2.33. The van der Waals surface area contributed by atoms with Crippen molar-refractivity contribution in [2.24, 2.45) is 5.41 Å². The van der Waals surface area contributed by atoms with Gasteiger partial charge >= 0.3 is 5.97 Å². The van der Waals surface area contributed by atoms with E-state index >= 15 is 0 Å². The number of hydrogen-bond acceptors (Lipinski definition) is 6. The number of carbonyl (C=O) groups is 2. The number of aromatic nitrogens is 1. The number of carboxylic acids is 1. The van der Waals surface area contributed by atoms with E-state index in [0.717, 1.165) is 23.3 Å². The van der Waals surface area contributed by atoms with Crippen LogP contribution in [0.3, 0.4) is 0 Å². The molecular weight excluding hydrogens is 366 g/mol. The molecule has 144 valence electrons. The van der Waals surface area contributed by atoms with Crippen molar-refractivity contribution in [3.8, 4) is 0 Å². The molecule has 0 fully saturated rings. The van der Waals surface area contributed by atoms with Crippen LogP contribution >= 0.6 is 11.3 Å². The molecule has 27 heavy (non-hydrogen) atoms. The van der Waals surface area contributed by atoms with Crippen LogP contribution in [0.1, 0.15) is 51.4 Å². The molecule has 1 aliphatic rings. The van der Waals surface area contributed by atoms with Crippen molar-refractivity contribution in [3.63, 3.8) is 0 Å². The predicted octanol–water partition coefficient (Wildman–Crippen LogP) is 3.01. The molecule has 8 heteroatoms. The first-order valence-corrected chi connectivity index (χ1v) is 9.62. The van der Waals surface area contributed by atoms with Gasteiger partial charge in [0, 0.05) is 17.6 Å². The van der Waals surface area contributed by atoms with Crippen LogP contribution in [0, 0.1) is 5.41 Å². The fourth-order valence-corrected chi connectivity index (χ4v) is 4.43. The van der Waals surface area contributed by atoms with Gasteiger partial charge in [-0.25, -0.2) is 9.78 Å². The molecule has 1 amide bonds. The summed E-state index contributed by atoms with van der Waals surface area (Å²) >= 11 is 1.35. The standard InChI is InChI=1S/C19H23N3O4S/c1-19(2)6-5-13-12(9-19)15(18(25)26)17(27-13)22-16(24)11-3-4-14(21-10-11)20-7-8-23/h3-4,10,23H,5-9H2,1-2H3,(H,20,21)(H,22,24)(H,25,26). The molecule has 2 aromatic rings. The highest BCUT2D eigenvalue weighted by Crippen LogP contribution is 2.43. The van der Waals surface area contributed by atoms with E-state index in [2.05, 4.69) is 29.5 Å². The lowest BCUT2D eigenvalue weighted by molar-refractivity contribution is 0.0696. The minimum absolute atomic E-state index is 0.0122. The maximum atomic E-state index is 12.6. The van der Waals surface area contributed by atoms with E-state index < -0.39 is 11.9 Å². The van der Waals surface area contributed by atoms with Gasteiger partial charge in [-0.15, -0.1) is 11.3 Å². The Hall–Kier alpha value is -2.45. The lowest BCUT2D eigenvalue weighted by Crippen LogP contribution is -2.22. The third-order valence-corrected chi connectivity index (χ3v) is 5.87. The van der Waals surface area contributed by atoms with E-state index in [1.165, 1.54) is 17.5 Å². The zero-order valence-corrected chi connectivity index (χ0v) is 16.2. The first-order chi connectivity index (χ1) is 12.8. The van der Waals surface area contributed by atoms with Crippen molar-refractivity contribution in [1.29, 1.82) is 0 Å². The van der Waals surface area contributed by atoms with Crippen LogP contribution < -0.4 is 10.6 Å². The number of aliphatic hydroxyl groups is 1. The number of anilines is 2. The second-order valence-electron chi connectivity index (χ2n) is 7.39. The first-order valence-electron chi connectivity index (χ1n) is 8.81. The molecule has 0 saturated carbocycles. The number of nitrogens with zero attached hydrogens (tertiary/aromatic N) is 1. The van der Waals surface area contributed by atoms with Crippen LogP contribution in [0.15, 0.2) is 18.3 Å². The summed E-state index contributed by atoms with van der Waals surface area (Å²) in [6, 6.07) is 3.25. The number of fused-ring (bicyclic) bond motifs is 1.